The van der Waals surface area contributed by atoms with Crippen molar-refractivity contribution in [3.05, 3.63) is 0 Å². The van der Waals surface area contributed by atoms with Gasteiger partial charge in [0.1, 0.15) is 6.04 Å². The summed E-state index contributed by atoms with van der Waals surface area (Å²) >= 11 is 0. The third-order valence-electron chi connectivity index (χ3n) is 1.46. The minimum atomic E-state index is -4.37. The lowest BCUT2D eigenvalue weighted by molar-refractivity contribution is -0.144. The summed E-state index contributed by atoms with van der Waals surface area (Å²) in [7, 11) is 0. The predicted octanol–water partition coefficient (Wildman–Crippen LogP) is 1.25. The topological polar surface area (TPSA) is 49.3 Å². The summed E-state index contributed by atoms with van der Waals surface area (Å²) in [6.45, 7) is 1.81. The molecule has 0 aliphatic heterocycles. The van der Waals surface area contributed by atoms with Crippen molar-refractivity contribution in [2.24, 2.45) is 5.92 Å². The first-order valence-electron chi connectivity index (χ1n) is 3.77. The first kappa shape index (κ1) is 12.2. The van der Waals surface area contributed by atoms with Gasteiger partial charge in [-0.1, -0.05) is 13.8 Å². The molecule has 1 unspecified atom stereocenters. The number of carboxylic acid groups (broad SMARTS) is 1. The van der Waals surface area contributed by atoms with Crippen LogP contribution in [0.2, 0.25) is 0 Å². The average molecular weight is 199 g/mol. The van der Waals surface area contributed by atoms with Gasteiger partial charge in [0.2, 0.25) is 0 Å². The number of nitrogens with one attached hydrogen (secondary N) is 1. The number of hydrogen-bond acceptors (Lipinski definition) is 2. The Kier molecular flexibility index (Phi) is 4.19. The smallest absolute Gasteiger partial charge is 0.401 e. The van der Waals surface area contributed by atoms with Crippen LogP contribution in [0.3, 0.4) is 0 Å². The van der Waals surface area contributed by atoms with Gasteiger partial charge in [-0.15, -0.1) is 0 Å². The first-order valence-corrected chi connectivity index (χ1v) is 3.77. The van der Waals surface area contributed by atoms with Crippen molar-refractivity contribution in [3.63, 3.8) is 0 Å². The molecule has 0 heterocycles. The number of rotatable bonds is 4. The third kappa shape index (κ3) is 5.46. The number of carboxylic acids is 1. The molecule has 0 fully saturated rings. The first-order chi connectivity index (χ1) is 5.74. The van der Waals surface area contributed by atoms with Crippen molar-refractivity contribution in [2.75, 3.05) is 6.54 Å². The maximum atomic E-state index is 11.7. The Morgan fingerprint density at radius 1 is 1.46 bits per heavy atom. The van der Waals surface area contributed by atoms with Gasteiger partial charge in [-0.2, -0.15) is 13.2 Å². The molecule has 13 heavy (non-hydrogen) atoms. The standard InChI is InChI=1S/C7H12F3NO2/c1-4(2)5(6(12)13)11-3-7(8,9)10/h4-5,11H,3H2,1-2H3,(H,12,13). The predicted molar refractivity (Wildman–Crippen MR) is 40.3 cm³/mol. The molecule has 0 amide bonds. The van der Waals surface area contributed by atoms with E-state index in [1.54, 1.807) is 13.8 Å². The van der Waals surface area contributed by atoms with Crippen LogP contribution in [0.25, 0.3) is 0 Å². The highest BCUT2D eigenvalue weighted by molar-refractivity contribution is 5.73. The van der Waals surface area contributed by atoms with Crippen molar-refractivity contribution in [3.8, 4) is 0 Å². The molecular weight excluding hydrogens is 187 g/mol. The molecule has 0 aromatic heterocycles. The Hall–Kier alpha value is -0.780. The van der Waals surface area contributed by atoms with Crippen LogP contribution in [0.15, 0.2) is 0 Å². The van der Waals surface area contributed by atoms with Gasteiger partial charge < -0.3 is 5.11 Å². The third-order valence-corrected chi connectivity index (χ3v) is 1.46. The highest BCUT2D eigenvalue weighted by atomic mass is 19.4. The zero-order valence-electron chi connectivity index (χ0n) is 7.35. The van der Waals surface area contributed by atoms with Gasteiger partial charge in [0.05, 0.1) is 6.54 Å². The summed E-state index contributed by atoms with van der Waals surface area (Å²) in [5.74, 6) is -1.64. The molecule has 0 aromatic carbocycles. The minimum absolute atomic E-state index is 0.375. The lowest BCUT2D eigenvalue weighted by Gasteiger charge is -2.18. The maximum absolute atomic E-state index is 11.7. The number of alkyl halides is 3. The van der Waals surface area contributed by atoms with E-state index in [2.05, 4.69) is 0 Å². The zero-order valence-corrected chi connectivity index (χ0v) is 7.35. The van der Waals surface area contributed by atoms with Crippen LogP contribution in [0, 0.1) is 5.92 Å². The number of aliphatic carboxylic acids is 1. The SMILES string of the molecule is CC(C)C(NCC(F)(F)F)C(=O)O. The van der Waals surface area contributed by atoms with Gasteiger partial charge in [-0.05, 0) is 5.92 Å². The van der Waals surface area contributed by atoms with Crippen LogP contribution >= 0.6 is 0 Å². The van der Waals surface area contributed by atoms with Crippen LogP contribution in [-0.4, -0.2) is 29.8 Å². The van der Waals surface area contributed by atoms with Crippen LogP contribution < -0.4 is 5.32 Å². The van der Waals surface area contributed by atoms with Crippen molar-refractivity contribution >= 4 is 5.97 Å². The molecule has 0 saturated carbocycles. The van der Waals surface area contributed by atoms with Crippen LogP contribution in [0.5, 0.6) is 0 Å². The summed E-state index contributed by atoms with van der Waals surface area (Å²) < 4.78 is 35.1. The molecule has 0 aliphatic carbocycles. The Labute approximate surface area is 73.9 Å². The van der Waals surface area contributed by atoms with E-state index >= 15 is 0 Å². The summed E-state index contributed by atoms with van der Waals surface area (Å²) in [6.07, 6.45) is -4.37. The Balaban J connectivity index is 4.06. The van der Waals surface area contributed by atoms with E-state index in [9.17, 15) is 18.0 Å². The summed E-state index contributed by atoms with van der Waals surface area (Å²) in [5.41, 5.74) is 0. The minimum Gasteiger partial charge on any atom is -0.480 e. The lowest BCUT2D eigenvalue weighted by Crippen LogP contribution is -2.45. The number of halogens is 3. The molecule has 0 rings (SSSR count). The molecule has 6 heteroatoms. The molecule has 0 aliphatic rings. The molecule has 0 radical (unpaired) electrons. The van der Waals surface area contributed by atoms with Gasteiger partial charge in [0, 0.05) is 0 Å². The van der Waals surface area contributed by atoms with Gasteiger partial charge in [0.15, 0.2) is 0 Å². The van der Waals surface area contributed by atoms with E-state index < -0.39 is 24.7 Å². The van der Waals surface area contributed by atoms with E-state index in [4.69, 9.17) is 5.11 Å². The highest BCUT2D eigenvalue weighted by Gasteiger charge is 2.30. The van der Waals surface area contributed by atoms with Crippen molar-refractivity contribution in [1.82, 2.24) is 5.32 Å². The van der Waals surface area contributed by atoms with E-state index in [-0.39, 0.29) is 5.92 Å². The molecule has 0 aromatic rings. The molecule has 1 atom stereocenters. The summed E-state index contributed by atoms with van der Waals surface area (Å²) in [5, 5.41) is 10.4. The fraction of sp³-hybridized carbons (Fsp3) is 0.857. The molecule has 0 saturated heterocycles. The molecular formula is C7H12F3NO2. The van der Waals surface area contributed by atoms with Crippen molar-refractivity contribution < 1.29 is 23.1 Å². The Morgan fingerprint density at radius 3 is 2.15 bits per heavy atom. The molecule has 0 spiro atoms. The Morgan fingerprint density at radius 2 is 1.92 bits per heavy atom. The monoisotopic (exact) mass is 199 g/mol. The van der Waals surface area contributed by atoms with Gasteiger partial charge in [-0.3, -0.25) is 10.1 Å². The molecule has 3 nitrogen and oxygen atoms in total. The fourth-order valence-electron chi connectivity index (χ4n) is 0.834. The largest absolute Gasteiger partial charge is 0.480 e. The van der Waals surface area contributed by atoms with Crippen molar-refractivity contribution in [2.45, 2.75) is 26.1 Å². The normalized spacial score (nSPS) is 14.6. The second-order valence-electron chi connectivity index (χ2n) is 3.06. The quantitative estimate of drug-likeness (QED) is 0.716. The van der Waals surface area contributed by atoms with E-state index in [1.165, 1.54) is 0 Å². The second-order valence-corrected chi connectivity index (χ2v) is 3.06. The van der Waals surface area contributed by atoms with E-state index in [1.807, 2.05) is 5.32 Å². The lowest BCUT2D eigenvalue weighted by atomic mass is 10.1. The fourth-order valence-corrected chi connectivity index (χ4v) is 0.834. The van der Waals surface area contributed by atoms with Crippen LogP contribution in [0.4, 0.5) is 13.2 Å². The van der Waals surface area contributed by atoms with Gasteiger partial charge in [-0.25, -0.2) is 0 Å². The Bertz CT molecular complexity index is 179. The number of hydrogen-bond donors (Lipinski definition) is 2. The van der Waals surface area contributed by atoms with Gasteiger partial charge in [0.25, 0.3) is 0 Å². The van der Waals surface area contributed by atoms with Crippen LogP contribution in [-0.2, 0) is 4.79 Å². The highest BCUT2D eigenvalue weighted by Crippen LogP contribution is 2.13. The van der Waals surface area contributed by atoms with Crippen molar-refractivity contribution in [1.29, 1.82) is 0 Å². The molecule has 2 N–H and O–H groups in total. The second kappa shape index (κ2) is 4.45. The molecule has 78 valence electrons. The zero-order chi connectivity index (χ0) is 10.6. The number of carbonyl (C=O) groups is 1. The van der Waals surface area contributed by atoms with Gasteiger partial charge >= 0.3 is 12.1 Å². The van der Waals surface area contributed by atoms with E-state index in [0.717, 1.165) is 0 Å². The average Bonchev–Trinajstić information content (AvgIpc) is 1.82. The summed E-state index contributed by atoms with van der Waals surface area (Å²) in [4.78, 5) is 10.4. The van der Waals surface area contributed by atoms with E-state index in [0.29, 0.717) is 0 Å². The summed E-state index contributed by atoms with van der Waals surface area (Å²) in [6, 6.07) is -1.15. The van der Waals surface area contributed by atoms with Crippen LogP contribution in [0.1, 0.15) is 13.8 Å². The maximum Gasteiger partial charge on any atom is 0.401 e. The molecule has 0 bridgehead atoms.